The van der Waals surface area contributed by atoms with E-state index in [9.17, 15) is 4.79 Å². The number of hydrogen-bond donors (Lipinski definition) is 0. The molecule has 0 aliphatic heterocycles. The standard InChI is InChI=1S/C11H9NO/c12-6-10-5-8(7-13)1-4-11(10)9-2-3-9/h1,4-5,7,9H,2-3H2. The van der Waals surface area contributed by atoms with Crippen LogP contribution in [0.3, 0.4) is 0 Å². The third-order valence-corrected chi connectivity index (χ3v) is 2.35. The van der Waals surface area contributed by atoms with Crippen LogP contribution in [0.2, 0.25) is 0 Å². The van der Waals surface area contributed by atoms with Gasteiger partial charge in [0.15, 0.2) is 0 Å². The van der Waals surface area contributed by atoms with Gasteiger partial charge in [0.2, 0.25) is 0 Å². The van der Waals surface area contributed by atoms with Crippen LogP contribution in [0.25, 0.3) is 0 Å². The molecule has 2 nitrogen and oxygen atoms in total. The first-order valence-corrected chi connectivity index (χ1v) is 4.34. The van der Waals surface area contributed by atoms with E-state index in [-0.39, 0.29) is 0 Å². The summed E-state index contributed by atoms with van der Waals surface area (Å²) in [7, 11) is 0. The number of aldehydes is 1. The zero-order valence-electron chi connectivity index (χ0n) is 7.16. The monoisotopic (exact) mass is 171 g/mol. The van der Waals surface area contributed by atoms with Gasteiger partial charge in [0, 0.05) is 5.56 Å². The van der Waals surface area contributed by atoms with Gasteiger partial charge in [-0.1, -0.05) is 12.1 Å². The average molecular weight is 171 g/mol. The summed E-state index contributed by atoms with van der Waals surface area (Å²) < 4.78 is 0. The molecule has 2 heteroatoms. The first-order chi connectivity index (χ1) is 6.35. The highest BCUT2D eigenvalue weighted by molar-refractivity contribution is 5.76. The summed E-state index contributed by atoms with van der Waals surface area (Å²) in [6, 6.07) is 7.48. The average Bonchev–Trinajstić information content (AvgIpc) is 3.00. The Morgan fingerprint density at radius 2 is 2.23 bits per heavy atom. The van der Waals surface area contributed by atoms with Crippen LogP contribution in [0, 0.1) is 11.3 Å². The highest BCUT2D eigenvalue weighted by Crippen LogP contribution is 2.41. The van der Waals surface area contributed by atoms with Gasteiger partial charge in [-0.25, -0.2) is 0 Å². The molecule has 64 valence electrons. The minimum atomic E-state index is 0.565. The predicted molar refractivity (Wildman–Crippen MR) is 48.5 cm³/mol. The van der Waals surface area contributed by atoms with Gasteiger partial charge in [-0.2, -0.15) is 5.26 Å². The quantitative estimate of drug-likeness (QED) is 0.640. The fourth-order valence-electron chi connectivity index (χ4n) is 1.49. The van der Waals surface area contributed by atoms with E-state index < -0.39 is 0 Å². The van der Waals surface area contributed by atoms with E-state index >= 15 is 0 Å². The van der Waals surface area contributed by atoms with Crippen LogP contribution in [0.4, 0.5) is 0 Å². The van der Waals surface area contributed by atoms with Crippen LogP contribution in [0.15, 0.2) is 18.2 Å². The van der Waals surface area contributed by atoms with Crippen LogP contribution in [-0.2, 0) is 0 Å². The van der Waals surface area contributed by atoms with E-state index in [1.54, 1.807) is 12.1 Å². The number of carbonyl (C=O) groups excluding carboxylic acids is 1. The highest BCUT2D eigenvalue weighted by Gasteiger charge is 2.25. The number of carbonyl (C=O) groups is 1. The largest absolute Gasteiger partial charge is 0.298 e. The molecule has 0 atom stereocenters. The van der Waals surface area contributed by atoms with Crippen LogP contribution >= 0.6 is 0 Å². The number of nitrogens with zero attached hydrogens (tertiary/aromatic N) is 1. The van der Waals surface area contributed by atoms with Gasteiger partial charge in [0.25, 0.3) is 0 Å². The topological polar surface area (TPSA) is 40.9 Å². The van der Waals surface area contributed by atoms with E-state index in [1.165, 1.54) is 12.8 Å². The van der Waals surface area contributed by atoms with Crippen molar-refractivity contribution in [2.24, 2.45) is 0 Å². The van der Waals surface area contributed by atoms with Crippen molar-refractivity contribution in [1.29, 1.82) is 5.26 Å². The zero-order valence-corrected chi connectivity index (χ0v) is 7.16. The Bertz CT molecular complexity index is 386. The second kappa shape index (κ2) is 3.02. The number of rotatable bonds is 2. The molecule has 0 unspecified atom stereocenters. The maximum absolute atomic E-state index is 10.5. The van der Waals surface area contributed by atoms with Crippen molar-refractivity contribution < 1.29 is 4.79 Å². The van der Waals surface area contributed by atoms with E-state index in [1.807, 2.05) is 6.07 Å². The second-order valence-electron chi connectivity index (χ2n) is 3.35. The van der Waals surface area contributed by atoms with Gasteiger partial charge in [0.05, 0.1) is 11.6 Å². The van der Waals surface area contributed by atoms with E-state index in [2.05, 4.69) is 6.07 Å². The molecule has 2 rings (SSSR count). The van der Waals surface area contributed by atoms with Crippen molar-refractivity contribution in [2.45, 2.75) is 18.8 Å². The molecular formula is C11H9NO. The molecule has 0 spiro atoms. The molecular weight excluding hydrogens is 162 g/mol. The Hall–Kier alpha value is -1.62. The van der Waals surface area contributed by atoms with Crippen LogP contribution < -0.4 is 0 Å². The third kappa shape index (κ3) is 1.46. The number of nitriles is 1. The smallest absolute Gasteiger partial charge is 0.150 e. The lowest BCUT2D eigenvalue weighted by atomic mass is 10.0. The van der Waals surface area contributed by atoms with Gasteiger partial charge in [-0.15, -0.1) is 0 Å². The fourth-order valence-corrected chi connectivity index (χ4v) is 1.49. The molecule has 0 amide bonds. The molecule has 13 heavy (non-hydrogen) atoms. The van der Waals surface area contributed by atoms with Gasteiger partial charge in [-0.05, 0) is 30.4 Å². The van der Waals surface area contributed by atoms with Crippen molar-refractivity contribution in [2.75, 3.05) is 0 Å². The lowest BCUT2D eigenvalue weighted by Gasteiger charge is -2.01. The molecule has 1 aromatic carbocycles. The van der Waals surface area contributed by atoms with Crippen LogP contribution in [-0.4, -0.2) is 6.29 Å². The summed E-state index contributed by atoms with van der Waals surface area (Å²) in [5.74, 6) is 0.565. The Morgan fingerprint density at radius 3 is 2.77 bits per heavy atom. The maximum Gasteiger partial charge on any atom is 0.150 e. The molecule has 1 fully saturated rings. The second-order valence-corrected chi connectivity index (χ2v) is 3.35. The predicted octanol–water partition coefficient (Wildman–Crippen LogP) is 2.25. The van der Waals surface area contributed by atoms with E-state index in [0.717, 1.165) is 11.8 Å². The molecule has 1 saturated carbocycles. The van der Waals surface area contributed by atoms with Crippen molar-refractivity contribution in [3.05, 3.63) is 34.9 Å². The molecule has 1 aliphatic carbocycles. The summed E-state index contributed by atoms with van der Waals surface area (Å²) in [6.45, 7) is 0. The normalized spacial score (nSPS) is 15.0. The van der Waals surface area contributed by atoms with E-state index in [0.29, 0.717) is 17.0 Å². The summed E-state index contributed by atoms with van der Waals surface area (Å²) in [4.78, 5) is 10.5. The minimum absolute atomic E-state index is 0.565. The van der Waals surface area contributed by atoms with Crippen molar-refractivity contribution in [3.8, 4) is 6.07 Å². The lowest BCUT2D eigenvalue weighted by Crippen LogP contribution is -1.89. The molecule has 0 heterocycles. The number of hydrogen-bond acceptors (Lipinski definition) is 2. The molecule has 0 aromatic heterocycles. The van der Waals surface area contributed by atoms with Crippen LogP contribution in [0.5, 0.6) is 0 Å². The molecule has 0 N–H and O–H groups in total. The Morgan fingerprint density at radius 1 is 1.46 bits per heavy atom. The van der Waals surface area contributed by atoms with Gasteiger partial charge < -0.3 is 0 Å². The fraction of sp³-hybridized carbons (Fsp3) is 0.273. The van der Waals surface area contributed by atoms with Crippen molar-refractivity contribution in [1.82, 2.24) is 0 Å². The SMILES string of the molecule is N#Cc1cc(C=O)ccc1C1CC1. The highest BCUT2D eigenvalue weighted by atomic mass is 16.1. The molecule has 0 saturated heterocycles. The van der Waals surface area contributed by atoms with Crippen molar-refractivity contribution >= 4 is 6.29 Å². The van der Waals surface area contributed by atoms with Crippen LogP contribution in [0.1, 0.15) is 40.2 Å². The Kier molecular flexibility index (Phi) is 1.86. The minimum Gasteiger partial charge on any atom is -0.298 e. The summed E-state index contributed by atoms with van der Waals surface area (Å²) in [6.07, 6.45) is 3.13. The first kappa shape index (κ1) is 8.00. The molecule has 0 bridgehead atoms. The van der Waals surface area contributed by atoms with E-state index in [4.69, 9.17) is 5.26 Å². The first-order valence-electron chi connectivity index (χ1n) is 4.34. The summed E-state index contributed by atoms with van der Waals surface area (Å²) >= 11 is 0. The lowest BCUT2D eigenvalue weighted by molar-refractivity contribution is 0.112. The number of benzene rings is 1. The summed E-state index contributed by atoms with van der Waals surface area (Å²) in [5.41, 5.74) is 2.35. The molecule has 1 aliphatic rings. The molecule has 1 aromatic rings. The summed E-state index contributed by atoms with van der Waals surface area (Å²) in [5, 5.41) is 8.85. The Balaban J connectivity index is 2.46. The van der Waals surface area contributed by atoms with Gasteiger partial charge in [0.1, 0.15) is 6.29 Å². The maximum atomic E-state index is 10.5. The van der Waals surface area contributed by atoms with Crippen molar-refractivity contribution in [3.63, 3.8) is 0 Å². The zero-order chi connectivity index (χ0) is 9.26. The third-order valence-electron chi connectivity index (χ3n) is 2.35. The molecule has 0 radical (unpaired) electrons. The van der Waals surface area contributed by atoms with Gasteiger partial charge >= 0.3 is 0 Å². The van der Waals surface area contributed by atoms with Gasteiger partial charge in [-0.3, -0.25) is 4.79 Å². The Labute approximate surface area is 76.8 Å².